The first-order chi connectivity index (χ1) is 13.5. The van der Waals surface area contributed by atoms with Crippen LogP contribution in [0.4, 0.5) is 17.1 Å². The Morgan fingerprint density at radius 2 is 1.64 bits per heavy atom. The Labute approximate surface area is 165 Å². The summed E-state index contributed by atoms with van der Waals surface area (Å²) < 4.78 is 5.40. The number of carbonyl (C=O) groups is 2. The van der Waals surface area contributed by atoms with Gasteiger partial charge in [-0.15, -0.1) is 0 Å². The van der Waals surface area contributed by atoms with Gasteiger partial charge in [-0.05, 0) is 36.1 Å². The van der Waals surface area contributed by atoms with Crippen LogP contribution < -0.4 is 15.5 Å². The fraction of sp³-hybridized carbons (Fsp3) is 0.364. The zero-order valence-electron chi connectivity index (χ0n) is 16.6. The summed E-state index contributed by atoms with van der Waals surface area (Å²) in [5.74, 6) is -1.12. The highest BCUT2D eigenvalue weighted by Crippen LogP contribution is 2.28. The van der Waals surface area contributed by atoms with E-state index in [1.54, 1.807) is 0 Å². The van der Waals surface area contributed by atoms with Crippen molar-refractivity contribution in [2.24, 2.45) is 0 Å². The van der Waals surface area contributed by atoms with Gasteiger partial charge in [-0.2, -0.15) is 0 Å². The first-order valence-electron chi connectivity index (χ1n) is 9.61. The van der Waals surface area contributed by atoms with Crippen LogP contribution in [-0.4, -0.2) is 38.1 Å². The molecule has 1 aliphatic heterocycles. The lowest BCUT2D eigenvalue weighted by molar-refractivity contribution is -0.133. The molecule has 2 aromatic rings. The van der Waals surface area contributed by atoms with Crippen molar-refractivity contribution in [3.63, 3.8) is 0 Å². The highest BCUT2D eigenvalue weighted by Gasteiger charge is 2.21. The number of amides is 2. The zero-order chi connectivity index (χ0) is 20.1. The van der Waals surface area contributed by atoms with Crippen LogP contribution in [0.25, 0.3) is 0 Å². The molecule has 0 unspecified atom stereocenters. The van der Waals surface area contributed by atoms with Gasteiger partial charge in [-0.3, -0.25) is 9.59 Å². The average Bonchev–Trinajstić information content (AvgIpc) is 2.70. The van der Waals surface area contributed by atoms with Crippen LogP contribution in [0.3, 0.4) is 0 Å². The fourth-order valence-corrected chi connectivity index (χ4v) is 3.35. The van der Waals surface area contributed by atoms with Crippen molar-refractivity contribution in [1.82, 2.24) is 0 Å². The minimum atomic E-state index is -0.682. The minimum absolute atomic E-state index is 0.236. The first-order valence-corrected chi connectivity index (χ1v) is 9.61. The molecule has 3 rings (SSSR count). The van der Waals surface area contributed by atoms with E-state index in [1.165, 1.54) is 0 Å². The predicted molar refractivity (Wildman–Crippen MR) is 112 cm³/mol. The number of rotatable bonds is 4. The molecule has 1 heterocycles. The monoisotopic (exact) mass is 381 g/mol. The topological polar surface area (TPSA) is 70.7 Å². The molecular weight excluding hydrogens is 354 g/mol. The van der Waals surface area contributed by atoms with Crippen LogP contribution in [0.5, 0.6) is 0 Å². The van der Waals surface area contributed by atoms with Crippen molar-refractivity contribution in [3.8, 4) is 0 Å². The Balaban J connectivity index is 1.75. The maximum Gasteiger partial charge on any atom is 0.314 e. The van der Waals surface area contributed by atoms with Crippen molar-refractivity contribution < 1.29 is 14.3 Å². The Hall–Kier alpha value is -2.86. The third kappa shape index (κ3) is 4.51. The van der Waals surface area contributed by atoms with Gasteiger partial charge in [-0.1, -0.05) is 44.2 Å². The SMILES string of the molecule is Cc1cccc(C(C)C)c1NC(=O)C(=O)Nc1ccccc1N1CCOCC1. The molecule has 6 nitrogen and oxygen atoms in total. The number of hydrogen-bond acceptors (Lipinski definition) is 4. The van der Waals surface area contributed by atoms with Gasteiger partial charge >= 0.3 is 11.8 Å². The summed E-state index contributed by atoms with van der Waals surface area (Å²) in [6.45, 7) is 8.83. The van der Waals surface area contributed by atoms with E-state index in [4.69, 9.17) is 4.74 Å². The van der Waals surface area contributed by atoms with Crippen molar-refractivity contribution in [2.45, 2.75) is 26.7 Å². The number of benzene rings is 2. The van der Waals surface area contributed by atoms with Gasteiger partial charge in [0.1, 0.15) is 0 Å². The molecule has 1 aliphatic rings. The average molecular weight is 381 g/mol. The lowest BCUT2D eigenvalue weighted by atomic mass is 9.98. The van der Waals surface area contributed by atoms with Gasteiger partial charge in [0.05, 0.1) is 24.6 Å². The number of nitrogens with zero attached hydrogens (tertiary/aromatic N) is 1. The quantitative estimate of drug-likeness (QED) is 0.795. The molecule has 0 aromatic heterocycles. The number of anilines is 3. The maximum atomic E-state index is 12.6. The largest absolute Gasteiger partial charge is 0.378 e. The Morgan fingerprint density at radius 1 is 0.964 bits per heavy atom. The second-order valence-electron chi connectivity index (χ2n) is 7.22. The van der Waals surface area contributed by atoms with Crippen LogP contribution in [0.15, 0.2) is 42.5 Å². The van der Waals surface area contributed by atoms with Crippen molar-refractivity contribution in [2.75, 3.05) is 41.8 Å². The Kier molecular flexibility index (Phi) is 6.31. The molecule has 6 heteroatoms. The molecule has 2 amide bonds. The molecule has 0 atom stereocenters. The molecule has 148 valence electrons. The van der Waals surface area contributed by atoms with E-state index in [0.717, 1.165) is 29.9 Å². The smallest absolute Gasteiger partial charge is 0.314 e. The Bertz CT molecular complexity index is 858. The number of ether oxygens (including phenoxy) is 1. The highest BCUT2D eigenvalue weighted by atomic mass is 16.5. The van der Waals surface area contributed by atoms with E-state index in [1.807, 2.05) is 49.4 Å². The molecule has 0 aliphatic carbocycles. The number of nitrogens with one attached hydrogen (secondary N) is 2. The van der Waals surface area contributed by atoms with E-state index in [9.17, 15) is 9.59 Å². The third-order valence-corrected chi connectivity index (χ3v) is 4.88. The van der Waals surface area contributed by atoms with Crippen molar-refractivity contribution in [3.05, 3.63) is 53.6 Å². The molecular formula is C22H27N3O3. The van der Waals surface area contributed by atoms with Crippen molar-refractivity contribution >= 4 is 28.9 Å². The van der Waals surface area contributed by atoms with E-state index < -0.39 is 11.8 Å². The van der Waals surface area contributed by atoms with Gasteiger partial charge in [0, 0.05) is 18.8 Å². The molecule has 0 radical (unpaired) electrons. The van der Waals surface area contributed by atoms with Crippen LogP contribution >= 0.6 is 0 Å². The van der Waals surface area contributed by atoms with E-state index in [-0.39, 0.29) is 5.92 Å². The second-order valence-corrected chi connectivity index (χ2v) is 7.22. The van der Waals surface area contributed by atoms with Crippen LogP contribution in [0.2, 0.25) is 0 Å². The van der Waals surface area contributed by atoms with E-state index in [2.05, 4.69) is 29.4 Å². The molecule has 2 N–H and O–H groups in total. The second kappa shape index (κ2) is 8.89. The molecule has 28 heavy (non-hydrogen) atoms. The molecule has 2 aromatic carbocycles. The summed E-state index contributed by atoms with van der Waals surface area (Å²) in [4.78, 5) is 27.3. The zero-order valence-corrected chi connectivity index (χ0v) is 16.6. The van der Waals surface area contributed by atoms with E-state index in [0.29, 0.717) is 24.6 Å². The third-order valence-electron chi connectivity index (χ3n) is 4.88. The summed E-state index contributed by atoms with van der Waals surface area (Å²) in [5, 5.41) is 5.56. The summed E-state index contributed by atoms with van der Waals surface area (Å²) in [6.07, 6.45) is 0. The Morgan fingerprint density at radius 3 is 2.36 bits per heavy atom. The summed E-state index contributed by atoms with van der Waals surface area (Å²) in [5.41, 5.74) is 4.17. The maximum absolute atomic E-state index is 12.6. The van der Waals surface area contributed by atoms with Gasteiger partial charge in [0.25, 0.3) is 0 Å². The standard InChI is InChI=1S/C22H27N3O3/c1-15(2)17-8-6-7-16(3)20(17)24-22(27)21(26)23-18-9-4-5-10-19(18)25-11-13-28-14-12-25/h4-10,15H,11-14H2,1-3H3,(H,23,26)(H,24,27). The number of para-hydroxylation sites is 3. The fourth-order valence-electron chi connectivity index (χ4n) is 3.35. The van der Waals surface area contributed by atoms with Gasteiger partial charge < -0.3 is 20.3 Å². The normalized spacial score (nSPS) is 14.1. The van der Waals surface area contributed by atoms with Gasteiger partial charge in [0.15, 0.2) is 0 Å². The number of carbonyl (C=O) groups excluding carboxylic acids is 2. The molecule has 0 spiro atoms. The van der Waals surface area contributed by atoms with Crippen LogP contribution in [0.1, 0.15) is 30.9 Å². The number of aryl methyl sites for hydroxylation is 1. The minimum Gasteiger partial charge on any atom is -0.378 e. The van der Waals surface area contributed by atoms with Gasteiger partial charge in [0.2, 0.25) is 0 Å². The van der Waals surface area contributed by atoms with Gasteiger partial charge in [-0.25, -0.2) is 0 Å². The lowest BCUT2D eigenvalue weighted by Crippen LogP contribution is -2.37. The van der Waals surface area contributed by atoms with Crippen molar-refractivity contribution in [1.29, 1.82) is 0 Å². The molecule has 1 saturated heterocycles. The summed E-state index contributed by atoms with van der Waals surface area (Å²) in [7, 11) is 0. The first kappa shape index (κ1) is 19.9. The highest BCUT2D eigenvalue weighted by molar-refractivity contribution is 6.44. The van der Waals surface area contributed by atoms with E-state index >= 15 is 0 Å². The molecule has 0 saturated carbocycles. The van der Waals surface area contributed by atoms with Crippen LogP contribution in [-0.2, 0) is 14.3 Å². The molecule has 1 fully saturated rings. The predicted octanol–water partition coefficient (Wildman–Crippen LogP) is 3.53. The number of hydrogen-bond donors (Lipinski definition) is 2. The number of morpholine rings is 1. The summed E-state index contributed by atoms with van der Waals surface area (Å²) >= 11 is 0. The summed E-state index contributed by atoms with van der Waals surface area (Å²) in [6, 6.07) is 13.4. The molecule has 0 bridgehead atoms. The lowest BCUT2D eigenvalue weighted by Gasteiger charge is -2.30. The van der Waals surface area contributed by atoms with Crippen LogP contribution in [0, 0.1) is 6.92 Å².